The zero-order valence-corrected chi connectivity index (χ0v) is 13.2. The van der Waals surface area contributed by atoms with Crippen LogP contribution in [0.3, 0.4) is 0 Å². The largest absolute Gasteiger partial charge is 0.370 e. The number of aromatic nitrogens is 1. The minimum Gasteiger partial charge on any atom is -0.370 e. The van der Waals surface area contributed by atoms with Crippen LogP contribution in [-0.2, 0) is 0 Å². The average Bonchev–Trinajstić information content (AvgIpc) is 2.42. The first-order chi connectivity index (χ1) is 9.93. The zero-order chi connectivity index (χ0) is 15.8. The minimum atomic E-state index is -0.405. The van der Waals surface area contributed by atoms with Crippen molar-refractivity contribution in [1.29, 1.82) is 0 Å². The lowest BCUT2D eigenvalue weighted by Gasteiger charge is -2.17. The smallest absolute Gasteiger partial charge is 0.311 e. The maximum absolute atomic E-state index is 11.1. The molecule has 7 nitrogen and oxygen atoms in total. The Labute approximate surface area is 125 Å². The molecule has 1 aromatic rings. The average molecular weight is 295 g/mol. The Hall–Kier alpha value is -1.89. The van der Waals surface area contributed by atoms with Gasteiger partial charge in [-0.25, -0.2) is 4.98 Å². The molecular weight excluding hydrogens is 270 g/mol. The predicted octanol–water partition coefficient (Wildman–Crippen LogP) is 2.56. The zero-order valence-electron chi connectivity index (χ0n) is 13.2. The van der Waals surface area contributed by atoms with E-state index in [0.29, 0.717) is 11.6 Å². The third kappa shape index (κ3) is 5.95. The monoisotopic (exact) mass is 295 g/mol. The van der Waals surface area contributed by atoms with Crippen LogP contribution in [0.5, 0.6) is 0 Å². The highest BCUT2D eigenvalue weighted by Gasteiger charge is 2.17. The van der Waals surface area contributed by atoms with E-state index in [4.69, 9.17) is 0 Å². The molecule has 0 saturated carbocycles. The number of hydrogen-bond donors (Lipinski definition) is 2. The molecule has 21 heavy (non-hydrogen) atoms. The van der Waals surface area contributed by atoms with Crippen LogP contribution in [0.1, 0.15) is 26.7 Å². The van der Waals surface area contributed by atoms with Gasteiger partial charge in [-0.3, -0.25) is 10.1 Å². The number of hydrogen-bond acceptors (Lipinski definition) is 6. The molecule has 1 rings (SSSR count). The fourth-order valence-corrected chi connectivity index (χ4v) is 1.81. The van der Waals surface area contributed by atoms with E-state index in [-0.39, 0.29) is 11.7 Å². The molecule has 0 spiro atoms. The van der Waals surface area contributed by atoms with Crippen LogP contribution in [0, 0.1) is 10.1 Å². The number of nitrogens with one attached hydrogen (secondary N) is 2. The van der Waals surface area contributed by atoms with Crippen LogP contribution in [0.2, 0.25) is 0 Å². The third-order valence-electron chi connectivity index (χ3n) is 3.02. The number of pyridine rings is 1. The van der Waals surface area contributed by atoms with Crippen LogP contribution in [0.25, 0.3) is 0 Å². The van der Waals surface area contributed by atoms with Gasteiger partial charge >= 0.3 is 5.69 Å². The molecule has 0 bridgehead atoms. The van der Waals surface area contributed by atoms with Gasteiger partial charge in [0.05, 0.1) is 4.92 Å². The first-order valence-corrected chi connectivity index (χ1v) is 7.24. The number of nitro groups is 1. The molecule has 0 aliphatic rings. The first kappa shape index (κ1) is 17.2. The Morgan fingerprint density at radius 1 is 1.43 bits per heavy atom. The molecule has 1 atom stereocenters. The molecule has 0 aromatic carbocycles. The fourth-order valence-electron chi connectivity index (χ4n) is 1.81. The van der Waals surface area contributed by atoms with Crippen molar-refractivity contribution < 1.29 is 4.92 Å². The summed E-state index contributed by atoms with van der Waals surface area (Å²) in [5.74, 6) is 0.983. The summed E-state index contributed by atoms with van der Waals surface area (Å²) in [6, 6.07) is 3.25. The predicted molar refractivity (Wildman–Crippen MR) is 85.9 cm³/mol. The van der Waals surface area contributed by atoms with Crippen molar-refractivity contribution in [2.75, 3.05) is 37.8 Å². The summed E-state index contributed by atoms with van der Waals surface area (Å²) < 4.78 is 0. The summed E-state index contributed by atoms with van der Waals surface area (Å²) in [5, 5.41) is 17.4. The standard InChI is InChI=1S/C14H25N5O2/c1-5-9-15-13-7-6-12(19(20)21)14(17-13)16-11(2)8-10-18(3)4/h6-7,11H,5,8-10H2,1-4H3,(H2,15,16,17). The van der Waals surface area contributed by atoms with Crippen molar-refractivity contribution >= 4 is 17.3 Å². The Bertz CT molecular complexity index is 465. The molecule has 118 valence electrons. The van der Waals surface area contributed by atoms with Gasteiger partial charge in [-0.2, -0.15) is 0 Å². The Balaban J connectivity index is 2.82. The fraction of sp³-hybridized carbons (Fsp3) is 0.643. The lowest BCUT2D eigenvalue weighted by Crippen LogP contribution is -2.24. The van der Waals surface area contributed by atoms with Gasteiger partial charge in [-0.05, 0) is 46.5 Å². The van der Waals surface area contributed by atoms with Gasteiger partial charge in [0.2, 0.25) is 5.82 Å². The molecule has 1 aromatic heterocycles. The van der Waals surface area contributed by atoms with Crippen molar-refractivity contribution in [2.24, 2.45) is 0 Å². The summed E-state index contributed by atoms with van der Waals surface area (Å²) >= 11 is 0. The molecule has 0 aliphatic heterocycles. The molecule has 0 radical (unpaired) electrons. The van der Waals surface area contributed by atoms with E-state index in [0.717, 1.165) is 25.9 Å². The third-order valence-corrected chi connectivity index (χ3v) is 3.02. The van der Waals surface area contributed by atoms with E-state index >= 15 is 0 Å². The molecule has 0 saturated heterocycles. The maximum Gasteiger partial charge on any atom is 0.311 e. The van der Waals surface area contributed by atoms with Crippen LogP contribution in [0.15, 0.2) is 12.1 Å². The van der Waals surface area contributed by atoms with Crippen molar-refractivity contribution in [1.82, 2.24) is 9.88 Å². The van der Waals surface area contributed by atoms with Gasteiger partial charge in [0.15, 0.2) is 0 Å². The van der Waals surface area contributed by atoms with Gasteiger partial charge in [-0.1, -0.05) is 6.92 Å². The first-order valence-electron chi connectivity index (χ1n) is 7.24. The van der Waals surface area contributed by atoms with Crippen molar-refractivity contribution in [3.8, 4) is 0 Å². The van der Waals surface area contributed by atoms with Gasteiger partial charge < -0.3 is 15.5 Å². The molecule has 7 heteroatoms. The highest BCUT2D eigenvalue weighted by molar-refractivity contribution is 5.60. The van der Waals surface area contributed by atoms with Gasteiger partial charge in [-0.15, -0.1) is 0 Å². The molecule has 1 heterocycles. The van der Waals surface area contributed by atoms with E-state index in [9.17, 15) is 10.1 Å². The van der Waals surface area contributed by atoms with Gasteiger partial charge in [0.25, 0.3) is 0 Å². The Morgan fingerprint density at radius 3 is 2.71 bits per heavy atom. The number of rotatable bonds is 9. The Morgan fingerprint density at radius 2 is 2.14 bits per heavy atom. The van der Waals surface area contributed by atoms with E-state index in [1.54, 1.807) is 6.07 Å². The topological polar surface area (TPSA) is 83.3 Å². The summed E-state index contributed by atoms with van der Waals surface area (Å²) in [6.45, 7) is 5.76. The Kier molecular flexibility index (Phi) is 6.87. The van der Waals surface area contributed by atoms with Crippen molar-refractivity contribution in [3.63, 3.8) is 0 Å². The summed E-state index contributed by atoms with van der Waals surface area (Å²) in [7, 11) is 4.01. The van der Waals surface area contributed by atoms with Crippen LogP contribution in [0.4, 0.5) is 17.3 Å². The lowest BCUT2D eigenvalue weighted by molar-refractivity contribution is -0.384. The summed E-state index contributed by atoms with van der Waals surface area (Å²) in [5.41, 5.74) is 0.00810. The minimum absolute atomic E-state index is 0.00810. The van der Waals surface area contributed by atoms with Crippen molar-refractivity contribution in [2.45, 2.75) is 32.7 Å². The molecule has 0 fully saturated rings. The summed E-state index contributed by atoms with van der Waals surface area (Å²) in [4.78, 5) is 17.1. The second-order valence-corrected chi connectivity index (χ2v) is 5.39. The molecule has 0 amide bonds. The lowest BCUT2D eigenvalue weighted by atomic mass is 10.2. The number of anilines is 2. The van der Waals surface area contributed by atoms with E-state index in [1.165, 1.54) is 6.07 Å². The number of nitrogens with zero attached hydrogens (tertiary/aromatic N) is 3. The maximum atomic E-state index is 11.1. The van der Waals surface area contributed by atoms with E-state index in [2.05, 4.69) is 27.4 Å². The summed E-state index contributed by atoms with van der Waals surface area (Å²) in [6.07, 6.45) is 1.86. The van der Waals surface area contributed by atoms with Crippen LogP contribution in [-0.4, -0.2) is 48.0 Å². The van der Waals surface area contributed by atoms with Crippen LogP contribution < -0.4 is 10.6 Å². The normalized spacial score (nSPS) is 12.2. The second-order valence-electron chi connectivity index (χ2n) is 5.39. The molecule has 0 aliphatic carbocycles. The highest BCUT2D eigenvalue weighted by atomic mass is 16.6. The molecule has 2 N–H and O–H groups in total. The van der Waals surface area contributed by atoms with E-state index < -0.39 is 4.92 Å². The van der Waals surface area contributed by atoms with E-state index in [1.807, 2.05) is 21.0 Å². The van der Waals surface area contributed by atoms with Crippen LogP contribution >= 0.6 is 0 Å². The highest BCUT2D eigenvalue weighted by Crippen LogP contribution is 2.25. The SMILES string of the molecule is CCCNc1ccc([N+](=O)[O-])c(NC(C)CCN(C)C)n1. The molecule has 1 unspecified atom stereocenters. The van der Waals surface area contributed by atoms with Gasteiger partial charge in [0, 0.05) is 18.7 Å². The van der Waals surface area contributed by atoms with Crippen molar-refractivity contribution in [3.05, 3.63) is 22.2 Å². The van der Waals surface area contributed by atoms with Gasteiger partial charge in [0.1, 0.15) is 5.82 Å². The molecular formula is C14H25N5O2. The quantitative estimate of drug-likeness (QED) is 0.538. The second kappa shape index (κ2) is 8.41.